The van der Waals surface area contributed by atoms with Crippen molar-refractivity contribution in [2.24, 2.45) is 0 Å². The van der Waals surface area contributed by atoms with E-state index in [9.17, 15) is 14.4 Å². The van der Waals surface area contributed by atoms with E-state index in [4.69, 9.17) is 18.6 Å². The van der Waals surface area contributed by atoms with E-state index < -0.39 is 37.9 Å². The maximum Gasteiger partial charge on any atom is 0.351 e. The zero-order chi connectivity index (χ0) is 27.4. The molecule has 1 aliphatic heterocycles. The second-order valence-corrected chi connectivity index (χ2v) is 15.5. The van der Waals surface area contributed by atoms with Crippen LogP contribution in [-0.2, 0) is 34.8 Å². The Morgan fingerprint density at radius 1 is 1.22 bits per heavy atom. The molecule has 37 heavy (non-hydrogen) atoms. The summed E-state index contributed by atoms with van der Waals surface area (Å²) in [6.07, 6.45) is 0.0913. The Kier molecular flexibility index (Phi) is 8.73. The van der Waals surface area contributed by atoms with Crippen LogP contribution in [0.25, 0.3) is 0 Å². The van der Waals surface area contributed by atoms with Gasteiger partial charge in [0.15, 0.2) is 8.32 Å². The van der Waals surface area contributed by atoms with Crippen molar-refractivity contribution < 1.29 is 28.2 Å². The summed E-state index contributed by atoms with van der Waals surface area (Å²) >= 11 is 0. The standard InChI is InChI=1S/C26H37N3O7Si/c1-18(30)27-21-13-14-29(24(32)28-21)22-15-20(36-37(6,7)25(2,3)4)26(35-22,23(31)33-5)17-34-16-19-11-9-8-10-12-19/h8-14,20,22H,15-17H2,1-7H3,(H,27,28,30,32)/t20-,22-,26+/m0/s1. The van der Waals surface area contributed by atoms with Gasteiger partial charge in [0.1, 0.15) is 12.0 Å². The van der Waals surface area contributed by atoms with E-state index in [0.29, 0.717) is 0 Å². The van der Waals surface area contributed by atoms with Crippen molar-refractivity contribution in [3.05, 3.63) is 58.6 Å². The Hall–Kier alpha value is -2.86. The molecule has 10 nitrogen and oxygen atoms in total. The smallest absolute Gasteiger partial charge is 0.351 e. The van der Waals surface area contributed by atoms with Crippen LogP contribution in [-0.4, -0.2) is 55.2 Å². The van der Waals surface area contributed by atoms with E-state index in [0.717, 1.165) is 5.56 Å². The molecule has 1 aromatic carbocycles. The molecular formula is C26H37N3O7Si. The van der Waals surface area contributed by atoms with E-state index in [2.05, 4.69) is 44.2 Å². The molecule has 0 unspecified atom stereocenters. The molecule has 2 aromatic rings. The van der Waals surface area contributed by atoms with Crippen LogP contribution in [0, 0.1) is 0 Å². The number of ether oxygens (including phenoxy) is 3. The molecule has 1 aliphatic rings. The number of aromatic nitrogens is 2. The Morgan fingerprint density at radius 2 is 1.89 bits per heavy atom. The maximum absolute atomic E-state index is 13.3. The third-order valence-electron chi connectivity index (χ3n) is 6.93. The van der Waals surface area contributed by atoms with Gasteiger partial charge >= 0.3 is 11.7 Å². The van der Waals surface area contributed by atoms with Crippen LogP contribution in [0.2, 0.25) is 18.1 Å². The van der Waals surface area contributed by atoms with Gasteiger partial charge in [0.05, 0.1) is 26.4 Å². The molecule has 1 aromatic heterocycles. The first-order chi connectivity index (χ1) is 17.3. The van der Waals surface area contributed by atoms with Crippen LogP contribution in [0.5, 0.6) is 0 Å². The quantitative estimate of drug-likeness (QED) is 0.385. The van der Waals surface area contributed by atoms with E-state index >= 15 is 0 Å². The van der Waals surface area contributed by atoms with Crippen LogP contribution in [0.3, 0.4) is 0 Å². The lowest BCUT2D eigenvalue weighted by Crippen LogP contribution is -2.57. The average molecular weight is 532 g/mol. The van der Waals surface area contributed by atoms with Gasteiger partial charge in [-0.3, -0.25) is 9.36 Å². The first-order valence-corrected chi connectivity index (χ1v) is 15.1. The number of benzene rings is 1. The number of carbonyl (C=O) groups is 2. The SMILES string of the molecule is COC(=O)[C@]1(COCc2ccccc2)O[C@H](n2ccc(NC(C)=O)nc2=O)C[C@@H]1O[Si](C)(C)C(C)(C)C. The highest BCUT2D eigenvalue weighted by atomic mass is 28.4. The van der Waals surface area contributed by atoms with Crippen molar-refractivity contribution in [3.8, 4) is 0 Å². The summed E-state index contributed by atoms with van der Waals surface area (Å²) in [4.78, 5) is 41.5. The second kappa shape index (κ2) is 11.3. The van der Waals surface area contributed by atoms with Crippen molar-refractivity contribution in [3.63, 3.8) is 0 Å². The largest absolute Gasteiger partial charge is 0.467 e. The summed E-state index contributed by atoms with van der Waals surface area (Å²) in [7, 11) is -1.10. The summed E-state index contributed by atoms with van der Waals surface area (Å²) < 4.78 is 25.5. The van der Waals surface area contributed by atoms with Gasteiger partial charge in [0, 0.05) is 19.5 Å². The van der Waals surface area contributed by atoms with Gasteiger partial charge < -0.3 is 24.0 Å². The Balaban J connectivity index is 1.97. The molecule has 1 saturated heterocycles. The summed E-state index contributed by atoms with van der Waals surface area (Å²) in [6, 6.07) is 11.1. The Labute approximate surface area is 218 Å². The van der Waals surface area contributed by atoms with E-state index in [1.54, 1.807) is 0 Å². The number of amides is 1. The molecule has 0 radical (unpaired) electrons. The van der Waals surface area contributed by atoms with Crippen LogP contribution in [0.1, 0.15) is 45.9 Å². The highest BCUT2D eigenvalue weighted by Crippen LogP contribution is 2.45. The third-order valence-corrected chi connectivity index (χ3v) is 11.4. The molecule has 0 spiro atoms. The fourth-order valence-electron chi connectivity index (χ4n) is 3.90. The lowest BCUT2D eigenvalue weighted by molar-refractivity contribution is -0.191. The molecule has 202 valence electrons. The minimum Gasteiger partial charge on any atom is -0.467 e. The van der Waals surface area contributed by atoms with Crippen LogP contribution in [0.4, 0.5) is 5.82 Å². The number of methoxy groups -OCH3 is 1. The van der Waals surface area contributed by atoms with Gasteiger partial charge in [0.2, 0.25) is 11.5 Å². The zero-order valence-corrected chi connectivity index (χ0v) is 23.6. The predicted octanol–water partition coefficient (Wildman–Crippen LogP) is 3.64. The topological polar surface area (TPSA) is 118 Å². The summed E-state index contributed by atoms with van der Waals surface area (Å²) in [5.41, 5.74) is -1.29. The minimum absolute atomic E-state index is 0.128. The van der Waals surface area contributed by atoms with Crippen LogP contribution >= 0.6 is 0 Å². The highest BCUT2D eigenvalue weighted by molar-refractivity contribution is 6.74. The van der Waals surface area contributed by atoms with Crippen LogP contribution < -0.4 is 11.0 Å². The normalized spacial score (nSPS) is 22.0. The molecule has 1 N–H and O–H groups in total. The highest BCUT2D eigenvalue weighted by Gasteiger charge is 2.59. The van der Waals surface area contributed by atoms with Gasteiger partial charge in [-0.1, -0.05) is 51.1 Å². The fourth-order valence-corrected chi connectivity index (χ4v) is 5.25. The molecule has 3 rings (SSSR count). The van der Waals surface area contributed by atoms with Crippen LogP contribution in [0.15, 0.2) is 47.4 Å². The maximum atomic E-state index is 13.3. The molecular weight excluding hydrogens is 494 g/mol. The molecule has 1 amide bonds. The molecule has 0 aliphatic carbocycles. The third kappa shape index (κ3) is 6.53. The lowest BCUT2D eigenvalue weighted by Gasteiger charge is -2.41. The van der Waals surface area contributed by atoms with Crippen molar-refractivity contribution in [1.29, 1.82) is 0 Å². The summed E-state index contributed by atoms with van der Waals surface area (Å²) in [5, 5.41) is 2.35. The van der Waals surface area contributed by atoms with E-state index in [-0.39, 0.29) is 36.4 Å². The van der Waals surface area contributed by atoms with Gasteiger partial charge in [-0.25, -0.2) is 9.59 Å². The van der Waals surface area contributed by atoms with Crippen molar-refractivity contribution >= 4 is 26.0 Å². The molecule has 0 bridgehead atoms. The Morgan fingerprint density at radius 3 is 2.46 bits per heavy atom. The van der Waals surface area contributed by atoms with Gasteiger partial charge in [-0.2, -0.15) is 4.98 Å². The van der Waals surface area contributed by atoms with Crippen molar-refractivity contribution in [2.45, 2.75) is 76.8 Å². The van der Waals surface area contributed by atoms with E-state index in [1.165, 1.54) is 30.9 Å². The zero-order valence-electron chi connectivity index (χ0n) is 22.6. The molecule has 1 fully saturated rings. The lowest BCUT2D eigenvalue weighted by atomic mass is 9.97. The monoisotopic (exact) mass is 531 g/mol. The molecule has 0 saturated carbocycles. The molecule has 3 atom stereocenters. The summed E-state index contributed by atoms with van der Waals surface area (Å²) in [5.74, 6) is -0.848. The predicted molar refractivity (Wildman–Crippen MR) is 140 cm³/mol. The number of nitrogens with one attached hydrogen (secondary N) is 1. The Bertz CT molecular complexity index is 1160. The number of rotatable bonds is 9. The van der Waals surface area contributed by atoms with Gasteiger partial charge in [0.25, 0.3) is 0 Å². The number of anilines is 1. The van der Waals surface area contributed by atoms with Crippen molar-refractivity contribution in [2.75, 3.05) is 19.0 Å². The number of hydrogen-bond donors (Lipinski definition) is 1. The number of hydrogen-bond acceptors (Lipinski definition) is 8. The number of nitrogens with zero attached hydrogens (tertiary/aromatic N) is 2. The molecule has 2 heterocycles. The number of carbonyl (C=O) groups excluding carboxylic acids is 2. The average Bonchev–Trinajstić information content (AvgIpc) is 3.16. The molecule has 11 heteroatoms. The minimum atomic E-state index is -2.39. The number of esters is 1. The van der Waals surface area contributed by atoms with E-state index in [1.807, 2.05) is 30.3 Å². The fraction of sp³-hybridized carbons (Fsp3) is 0.538. The first-order valence-electron chi connectivity index (χ1n) is 12.2. The summed E-state index contributed by atoms with van der Waals surface area (Å²) in [6.45, 7) is 11.9. The second-order valence-electron chi connectivity index (χ2n) is 10.7. The van der Waals surface area contributed by atoms with Gasteiger partial charge in [-0.05, 0) is 29.8 Å². The first kappa shape index (κ1) is 28.7. The van der Waals surface area contributed by atoms with Crippen molar-refractivity contribution in [1.82, 2.24) is 9.55 Å². The van der Waals surface area contributed by atoms with Gasteiger partial charge in [-0.15, -0.1) is 0 Å².